The Labute approximate surface area is 131 Å². The van der Waals surface area contributed by atoms with E-state index < -0.39 is 0 Å². The van der Waals surface area contributed by atoms with Gasteiger partial charge >= 0.3 is 0 Å². The van der Waals surface area contributed by atoms with Crippen molar-refractivity contribution >= 4 is 34.9 Å². The first-order valence-electron chi connectivity index (χ1n) is 6.09. The molecule has 4 nitrogen and oxygen atoms in total. The summed E-state index contributed by atoms with van der Waals surface area (Å²) in [4.78, 5) is 0. The first-order chi connectivity index (χ1) is 9.81. The lowest BCUT2D eigenvalue weighted by molar-refractivity contribution is 0.318. The normalized spacial score (nSPS) is 10.5. The Morgan fingerprint density at radius 3 is 2.45 bits per heavy atom. The summed E-state index contributed by atoms with van der Waals surface area (Å²) in [6.45, 7) is 0.702. The van der Waals surface area contributed by atoms with Gasteiger partial charge in [-0.3, -0.25) is 0 Å². The molecular weight excluding hydrogens is 312 g/mol. The standard InChI is InChI=1S/C13H16N2O2S3/c1-16-10-4-6-11(7-5-10)17-8-3-9-19-13-15-14-12(18-2)20-13/h4-7H,3,8-9H2,1-2H3. The first kappa shape index (κ1) is 15.5. The van der Waals surface area contributed by atoms with Crippen molar-refractivity contribution in [3.63, 3.8) is 0 Å². The molecule has 0 N–H and O–H groups in total. The third-order valence-corrected chi connectivity index (χ3v) is 5.52. The van der Waals surface area contributed by atoms with Crippen molar-refractivity contribution < 1.29 is 9.47 Å². The van der Waals surface area contributed by atoms with Gasteiger partial charge in [-0.25, -0.2) is 0 Å². The van der Waals surface area contributed by atoms with E-state index in [1.165, 1.54) is 0 Å². The second-order valence-electron chi connectivity index (χ2n) is 3.76. The lowest BCUT2D eigenvalue weighted by Gasteiger charge is -2.06. The maximum absolute atomic E-state index is 5.66. The molecule has 0 saturated heterocycles. The van der Waals surface area contributed by atoms with Crippen molar-refractivity contribution in [3.8, 4) is 11.5 Å². The molecule has 1 aromatic heterocycles. The number of hydrogen-bond acceptors (Lipinski definition) is 7. The second kappa shape index (κ2) is 8.39. The summed E-state index contributed by atoms with van der Waals surface area (Å²) in [6.07, 6.45) is 2.99. The van der Waals surface area contributed by atoms with Crippen LogP contribution in [0.5, 0.6) is 11.5 Å². The van der Waals surface area contributed by atoms with Crippen molar-refractivity contribution in [1.29, 1.82) is 0 Å². The number of methoxy groups -OCH3 is 1. The van der Waals surface area contributed by atoms with Gasteiger partial charge in [0.1, 0.15) is 11.5 Å². The highest BCUT2D eigenvalue weighted by molar-refractivity contribution is 8.02. The highest BCUT2D eigenvalue weighted by atomic mass is 32.2. The van der Waals surface area contributed by atoms with E-state index in [0.717, 1.165) is 32.4 Å². The molecule has 0 atom stereocenters. The second-order valence-corrected chi connectivity index (χ2v) is 7.14. The lowest BCUT2D eigenvalue weighted by Crippen LogP contribution is -1.98. The minimum Gasteiger partial charge on any atom is -0.497 e. The Morgan fingerprint density at radius 2 is 1.80 bits per heavy atom. The molecule has 0 saturated carbocycles. The van der Waals surface area contributed by atoms with Crippen LogP contribution in [0.15, 0.2) is 32.9 Å². The van der Waals surface area contributed by atoms with E-state index in [-0.39, 0.29) is 0 Å². The first-order valence-corrected chi connectivity index (χ1v) is 9.11. The number of ether oxygens (including phenoxy) is 2. The predicted molar refractivity (Wildman–Crippen MR) is 85.5 cm³/mol. The van der Waals surface area contributed by atoms with Crippen LogP contribution in [0.2, 0.25) is 0 Å². The smallest absolute Gasteiger partial charge is 0.175 e. The molecule has 0 spiro atoms. The summed E-state index contributed by atoms with van der Waals surface area (Å²) in [5.41, 5.74) is 0. The summed E-state index contributed by atoms with van der Waals surface area (Å²) in [5.74, 6) is 2.70. The minimum absolute atomic E-state index is 0.702. The third kappa shape index (κ3) is 4.88. The largest absolute Gasteiger partial charge is 0.497 e. The van der Waals surface area contributed by atoms with Crippen LogP contribution in [0.25, 0.3) is 0 Å². The molecule has 7 heteroatoms. The summed E-state index contributed by atoms with van der Waals surface area (Å²) in [6, 6.07) is 7.63. The number of thioether (sulfide) groups is 2. The van der Waals surface area contributed by atoms with E-state index in [2.05, 4.69) is 10.2 Å². The van der Waals surface area contributed by atoms with E-state index in [1.54, 1.807) is 42.0 Å². The van der Waals surface area contributed by atoms with Gasteiger partial charge in [0.2, 0.25) is 0 Å². The van der Waals surface area contributed by atoms with Crippen LogP contribution >= 0.6 is 34.9 Å². The molecule has 20 heavy (non-hydrogen) atoms. The van der Waals surface area contributed by atoms with Crippen LogP contribution in [-0.2, 0) is 0 Å². The predicted octanol–water partition coefficient (Wildman–Crippen LogP) is 3.83. The van der Waals surface area contributed by atoms with Crippen molar-refractivity contribution in [1.82, 2.24) is 10.2 Å². The SMILES string of the molecule is COc1ccc(OCCCSc2nnc(SC)s2)cc1. The fraction of sp³-hybridized carbons (Fsp3) is 0.385. The van der Waals surface area contributed by atoms with Crippen LogP contribution in [0.3, 0.4) is 0 Å². The molecule has 0 bridgehead atoms. The summed E-state index contributed by atoms with van der Waals surface area (Å²) >= 11 is 5.00. The van der Waals surface area contributed by atoms with Gasteiger partial charge in [-0.1, -0.05) is 34.9 Å². The Kier molecular flexibility index (Phi) is 6.49. The molecule has 0 radical (unpaired) electrons. The summed E-state index contributed by atoms with van der Waals surface area (Å²) in [7, 11) is 1.66. The molecule has 0 unspecified atom stereocenters. The summed E-state index contributed by atoms with van der Waals surface area (Å²) in [5, 5.41) is 8.18. The fourth-order valence-corrected chi connectivity index (χ4v) is 3.84. The molecular formula is C13H16N2O2S3. The molecule has 0 aliphatic heterocycles. The molecule has 0 aliphatic carbocycles. The highest BCUT2D eigenvalue weighted by Gasteiger charge is 2.03. The average molecular weight is 328 g/mol. The van der Waals surface area contributed by atoms with Crippen LogP contribution < -0.4 is 9.47 Å². The van der Waals surface area contributed by atoms with E-state index >= 15 is 0 Å². The van der Waals surface area contributed by atoms with E-state index in [9.17, 15) is 0 Å². The van der Waals surface area contributed by atoms with E-state index in [1.807, 2.05) is 30.5 Å². The third-order valence-electron chi connectivity index (χ3n) is 2.40. The molecule has 108 valence electrons. The molecule has 0 fully saturated rings. The van der Waals surface area contributed by atoms with Crippen molar-refractivity contribution in [3.05, 3.63) is 24.3 Å². The zero-order chi connectivity index (χ0) is 14.2. The van der Waals surface area contributed by atoms with Crippen molar-refractivity contribution in [2.75, 3.05) is 25.7 Å². The van der Waals surface area contributed by atoms with E-state index in [0.29, 0.717) is 6.61 Å². The van der Waals surface area contributed by atoms with Gasteiger partial charge in [0.25, 0.3) is 0 Å². The molecule has 0 amide bonds. The Morgan fingerprint density at radius 1 is 1.10 bits per heavy atom. The summed E-state index contributed by atoms with van der Waals surface area (Å²) < 4.78 is 12.8. The maximum Gasteiger partial charge on any atom is 0.175 e. The van der Waals surface area contributed by atoms with E-state index in [4.69, 9.17) is 9.47 Å². The quantitative estimate of drug-likeness (QED) is 0.542. The number of benzene rings is 1. The Balaban J connectivity index is 1.63. The Hall–Kier alpha value is -0.920. The highest BCUT2D eigenvalue weighted by Crippen LogP contribution is 2.27. The zero-order valence-electron chi connectivity index (χ0n) is 11.4. The zero-order valence-corrected chi connectivity index (χ0v) is 13.8. The molecule has 1 aromatic carbocycles. The number of rotatable bonds is 8. The van der Waals surface area contributed by atoms with Crippen LogP contribution in [-0.4, -0.2) is 35.9 Å². The Bertz CT molecular complexity index is 517. The van der Waals surface area contributed by atoms with Crippen LogP contribution in [0, 0.1) is 0 Å². The topological polar surface area (TPSA) is 44.2 Å². The van der Waals surface area contributed by atoms with Crippen molar-refractivity contribution in [2.45, 2.75) is 15.1 Å². The molecule has 2 aromatic rings. The molecule has 0 aliphatic rings. The van der Waals surface area contributed by atoms with Gasteiger partial charge in [0.05, 0.1) is 13.7 Å². The molecule has 2 rings (SSSR count). The van der Waals surface area contributed by atoms with Crippen LogP contribution in [0.4, 0.5) is 0 Å². The lowest BCUT2D eigenvalue weighted by atomic mass is 10.3. The average Bonchev–Trinajstić information content (AvgIpc) is 2.95. The number of hydrogen-bond donors (Lipinski definition) is 0. The minimum atomic E-state index is 0.702. The monoisotopic (exact) mass is 328 g/mol. The molecule has 1 heterocycles. The van der Waals surface area contributed by atoms with Gasteiger partial charge in [0.15, 0.2) is 8.68 Å². The van der Waals surface area contributed by atoms with Gasteiger partial charge in [-0.2, -0.15) is 0 Å². The van der Waals surface area contributed by atoms with Gasteiger partial charge in [-0.05, 0) is 36.9 Å². The number of aromatic nitrogens is 2. The van der Waals surface area contributed by atoms with Gasteiger partial charge in [0, 0.05) is 5.75 Å². The number of nitrogens with zero attached hydrogens (tertiary/aromatic N) is 2. The maximum atomic E-state index is 5.66. The van der Waals surface area contributed by atoms with Gasteiger partial charge < -0.3 is 9.47 Å². The van der Waals surface area contributed by atoms with Crippen LogP contribution in [0.1, 0.15) is 6.42 Å². The fourth-order valence-electron chi connectivity index (χ4n) is 1.42. The van der Waals surface area contributed by atoms with Crippen molar-refractivity contribution in [2.24, 2.45) is 0 Å². The van der Waals surface area contributed by atoms with Gasteiger partial charge in [-0.15, -0.1) is 10.2 Å².